The number of rotatable bonds is 23. The standard InChI is InChI=1S/C26H50O12S/c1-3-5-7-9-10-11-12-14-16-34-18-20(36-22(28)15-13-8-6-4-2)19-35-26-24(30)25(38-39(31,32)33)23(29)21(17-27)37-26/h20-21,23-27,29-30H,3-19H2,1-2H3,(H,31,32,33). The third kappa shape index (κ3) is 16.2. The highest BCUT2D eigenvalue weighted by atomic mass is 32.3. The van der Waals surface area contributed by atoms with Crippen LogP contribution in [0, 0.1) is 0 Å². The number of aliphatic hydroxyl groups excluding tert-OH is 3. The van der Waals surface area contributed by atoms with Crippen molar-refractivity contribution in [1.29, 1.82) is 0 Å². The number of ether oxygens (including phenoxy) is 4. The summed E-state index contributed by atoms with van der Waals surface area (Å²) in [5.41, 5.74) is 0. The van der Waals surface area contributed by atoms with Crippen LogP contribution >= 0.6 is 0 Å². The van der Waals surface area contributed by atoms with Crippen molar-refractivity contribution in [3.05, 3.63) is 0 Å². The van der Waals surface area contributed by atoms with Gasteiger partial charge in [-0.05, 0) is 12.8 Å². The first-order valence-electron chi connectivity index (χ1n) is 14.3. The summed E-state index contributed by atoms with van der Waals surface area (Å²) in [6.07, 6.45) is 3.89. The summed E-state index contributed by atoms with van der Waals surface area (Å²) in [4.78, 5) is 12.4. The van der Waals surface area contributed by atoms with E-state index in [4.69, 9.17) is 23.5 Å². The molecule has 1 heterocycles. The van der Waals surface area contributed by atoms with Crippen LogP contribution in [-0.4, -0.2) is 97.5 Å². The normalized spacial score (nSPS) is 24.5. The van der Waals surface area contributed by atoms with E-state index in [0.29, 0.717) is 13.0 Å². The Bertz CT molecular complexity index is 734. The van der Waals surface area contributed by atoms with Gasteiger partial charge in [0, 0.05) is 13.0 Å². The Morgan fingerprint density at radius 2 is 1.46 bits per heavy atom. The van der Waals surface area contributed by atoms with Crippen molar-refractivity contribution in [1.82, 2.24) is 0 Å². The topological polar surface area (TPSA) is 178 Å². The van der Waals surface area contributed by atoms with Crippen LogP contribution in [0.4, 0.5) is 0 Å². The average molecular weight is 587 g/mol. The van der Waals surface area contributed by atoms with Crippen LogP contribution in [0.5, 0.6) is 0 Å². The monoisotopic (exact) mass is 586 g/mol. The van der Waals surface area contributed by atoms with E-state index < -0.39 is 59.8 Å². The van der Waals surface area contributed by atoms with Crippen LogP contribution in [0.2, 0.25) is 0 Å². The molecule has 0 bridgehead atoms. The molecule has 1 rings (SSSR count). The summed E-state index contributed by atoms with van der Waals surface area (Å²) in [6.45, 7) is 3.77. The molecule has 0 aromatic heterocycles. The van der Waals surface area contributed by atoms with Crippen molar-refractivity contribution in [2.24, 2.45) is 0 Å². The summed E-state index contributed by atoms with van der Waals surface area (Å²) in [5.74, 6) is -0.420. The van der Waals surface area contributed by atoms with Gasteiger partial charge >= 0.3 is 16.4 Å². The van der Waals surface area contributed by atoms with Crippen molar-refractivity contribution >= 4 is 16.4 Å². The maximum Gasteiger partial charge on any atom is 0.397 e. The molecule has 0 saturated carbocycles. The Balaban J connectivity index is 2.63. The maximum atomic E-state index is 12.4. The summed E-state index contributed by atoms with van der Waals surface area (Å²) >= 11 is 0. The number of esters is 1. The van der Waals surface area contributed by atoms with E-state index in [-0.39, 0.29) is 19.6 Å². The van der Waals surface area contributed by atoms with Crippen molar-refractivity contribution in [3.8, 4) is 0 Å². The van der Waals surface area contributed by atoms with Crippen molar-refractivity contribution in [2.45, 2.75) is 134 Å². The van der Waals surface area contributed by atoms with Gasteiger partial charge in [-0.2, -0.15) is 8.42 Å². The molecule has 1 aliphatic rings. The second-order valence-corrected chi connectivity index (χ2v) is 11.0. The zero-order valence-electron chi connectivity index (χ0n) is 23.4. The molecule has 39 heavy (non-hydrogen) atoms. The molecule has 12 nitrogen and oxygen atoms in total. The van der Waals surface area contributed by atoms with E-state index in [0.717, 1.165) is 38.5 Å². The fraction of sp³-hybridized carbons (Fsp3) is 0.962. The minimum atomic E-state index is -5.04. The fourth-order valence-electron chi connectivity index (χ4n) is 4.26. The molecule has 4 N–H and O–H groups in total. The Morgan fingerprint density at radius 1 is 0.872 bits per heavy atom. The Labute approximate surface area is 233 Å². The van der Waals surface area contributed by atoms with E-state index >= 15 is 0 Å². The minimum absolute atomic E-state index is 0.0387. The first kappa shape index (κ1) is 36.1. The molecule has 6 unspecified atom stereocenters. The number of carbonyl (C=O) groups excluding carboxylic acids is 1. The highest BCUT2D eigenvalue weighted by Crippen LogP contribution is 2.25. The lowest BCUT2D eigenvalue weighted by Gasteiger charge is -2.41. The van der Waals surface area contributed by atoms with Crippen molar-refractivity contribution < 1.29 is 56.2 Å². The number of unbranched alkanes of at least 4 members (excludes halogenated alkanes) is 10. The quantitative estimate of drug-likeness (QED) is 0.0783. The van der Waals surface area contributed by atoms with Gasteiger partial charge in [-0.1, -0.05) is 78.1 Å². The molecule has 1 saturated heterocycles. The van der Waals surface area contributed by atoms with Crippen LogP contribution in [0.15, 0.2) is 0 Å². The molecule has 13 heteroatoms. The van der Waals surface area contributed by atoms with E-state index in [1.807, 2.05) is 0 Å². The average Bonchev–Trinajstić information content (AvgIpc) is 2.88. The van der Waals surface area contributed by atoms with Crippen molar-refractivity contribution in [3.63, 3.8) is 0 Å². The largest absolute Gasteiger partial charge is 0.457 e. The number of carbonyl (C=O) groups is 1. The van der Waals surface area contributed by atoms with Gasteiger partial charge in [0.1, 0.15) is 30.5 Å². The third-order valence-corrected chi connectivity index (χ3v) is 6.94. The smallest absolute Gasteiger partial charge is 0.397 e. The number of hydrogen-bond donors (Lipinski definition) is 4. The lowest BCUT2D eigenvalue weighted by atomic mass is 9.99. The van der Waals surface area contributed by atoms with Gasteiger partial charge in [0.2, 0.25) is 0 Å². The molecule has 0 aromatic rings. The molecular weight excluding hydrogens is 536 g/mol. The first-order valence-corrected chi connectivity index (χ1v) is 15.7. The first-order chi connectivity index (χ1) is 18.6. The molecular formula is C26H50O12S. The molecule has 0 amide bonds. The highest BCUT2D eigenvalue weighted by molar-refractivity contribution is 7.80. The van der Waals surface area contributed by atoms with E-state index in [2.05, 4.69) is 18.0 Å². The van der Waals surface area contributed by atoms with Gasteiger partial charge in [0.05, 0.1) is 19.8 Å². The van der Waals surface area contributed by atoms with E-state index in [1.54, 1.807) is 0 Å². The summed E-state index contributed by atoms with van der Waals surface area (Å²) in [5, 5.41) is 30.1. The molecule has 1 aliphatic heterocycles. The minimum Gasteiger partial charge on any atom is -0.457 e. The van der Waals surface area contributed by atoms with Crippen molar-refractivity contribution in [2.75, 3.05) is 26.4 Å². The van der Waals surface area contributed by atoms with Crippen LogP contribution in [0.3, 0.4) is 0 Å². The second kappa shape index (κ2) is 20.9. The highest BCUT2D eigenvalue weighted by Gasteiger charge is 2.48. The Kier molecular flexibility index (Phi) is 19.4. The lowest BCUT2D eigenvalue weighted by molar-refractivity contribution is -0.301. The second-order valence-electron chi connectivity index (χ2n) is 10.0. The Hall–Kier alpha value is -0.900. The maximum absolute atomic E-state index is 12.4. The van der Waals surface area contributed by atoms with Crippen LogP contribution in [-0.2, 0) is 38.3 Å². The zero-order valence-corrected chi connectivity index (χ0v) is 24.3. The molecule has 1 fully saturated rings. The Morgan fingerprint density at radius 3 is 2.05 bits per heavy atom. The van der Waals surface area contributed by atoms with Crippen LogP contribution in [0.1, 0.15) is 97.3 Å². The van der Waals surface area contributed by atoms with E-state index in [1.165, 1.54) is 32.1 Å². The van der Waals surface area contributed by atoms with Gasteiger partial charge in [-0.25, -0.2) is 4.18 Å². The van der Waals surface area contributed by atoms with Crippen LogP contribution < -0.4 is 0 Å². The molecule has 0 radical (unpaired) electrons. The number of hydrogen-bond acceptors (Lipinski definition) is 11. The summed E-state index contributed by atoms with van der Waals surface area (Å²) < 4.78 is 57.9. The van der Waals surface area contributed by atoms with E-state index in [9.17, 15) is 28.5 Å². The summed E-state index contributed by atoms with van der Waals surface area (Å²) in [7, 11) is -5.04. The molecule has 232 valence electrons. The zero-order chi connectivity index (χ0) is 29.1. The molecule has 0 aliphatic carbocycles. The SMILES string of the molecule is CCCCCCCCCCOCC(COC1OC(CO)C(O)C(OS(=O)(=O)O)C1O)OC(=O)CCCCCC. The van der Waals surface area contributed by atoms with Gasteiger partial charge in [0.15, 0.2) is 6.29 Å². The molecule has 0 spiro atoms. The third-order valence-electron chi connectivity index (χ3n) is 6.48. The van der Waals surface area contributed by atoms with Gasteiger partial charge < -0.3 is 34.3 Å². The lowest BCUT2D eigenvalue weighted by Crippen LogP contribution is -2.60. The predicted octanol–water partition coefficient (Wildman–Crippen LogP) is 2.67. The number of aliphatic hydroxyl groups is 3. The molecule has 0 aromatic carbocycles. The van der Waals surface area contributed by atoms with Crippen LogP contribution in [0.25, 0.3) is 0 Å². The van der Waals surface area contributed by atoms with Gasteiger partial charge in [-0.3, -0.25) is 9.35 Å². The van der Waals surface area contributed by atoms with Gasteiger partial charge in [0.25, 0.3) is 0 Å². The molecule has 6 atom stereocenters. The van der Waals surface area contributed by atoms with Gasteiger partial charge in [-0.15, -0.1) is 0 Å². The predicted molar refractivity (Wildman–Crippen MR) is 142 cm³/mol. The summed E-state index contributed by atoms with van der Waals surface area (Å²) in [6, 6.07) is 0. The fourth-order valence-corrected chi connectivity index (χ4v) is 4.77.